The summed E-state index contributed by atoms with van der Waals surface area (Å²) in [7, 11) is 0. The lowest BCUT2D eigenvalue weighted by molar-refractivity contribution is 0.0948. The molecule has 0 bridgehead atoms. The summed E-state index contributed by atoms with van der Waals surface area (Å²) in [6, 6.07) is 19.7. The predicted molar refractivity (Wildman–Crippen MR) is 109 cm³/mol. The molecule has 0 aliphatic carbocycles. The molecule has 138 valence electrons. The molecule has 1 amide bonds. The summed E-state index contributed by atoms with van der Waals surface area (Å²) >= 11 is 0. The van der Waals surface area contributed by atoms with E-state index in [-0.39, 0.29) is 5.91 Å². The topological polar surface area (TPSA) is 66.9 Å². The van der Waals surface area contributed by atoms with E-state index in [0.29, 0.717) is 30.4 Å². The molecule has 0 spiro atoms. The quantitative estimate of drug-likeness (QED) is 0.662. The Labute approximate surface area is 159 Å². The van der Waals surface area contributed by atoms with Crippen molar-refractivity contribution in [2.75, 3.05) is 11.9 Å². The van der Waals surface area contributed by atoms with Gasteiger partial charge in [-0.05, 0) is 18.9 Å². The molecule has 0 radical (unpaired) electrons. The Morgan fingerprint density at radius 2 is 1.74 bits per heavy atom. The molecule has 27 heavy (non-hydrogen) atoms. The number of amides is 1. The lowest BCUT2D eigenvalue weighted by Crippen LogP contribution is -2.25. The third-order valence-corrected chi connectivity index (χ3v) is 4.12. The Balaban J connectivity index is 1.87. The number of anilines is 1. The van der Waals surface area contributed by atoms with Crippen LogP contribution in [-0.2, 0) is 6.54 Å². The van der Waals surface area contributed by atoms with E-state index in [0.717, 1.165) is 17.5 Å². The van der Waals surface area contributed by atoms with Crippen molar-refractivity contribution in [1.82, 2.24) is 15.3 Å². The summed E-state index contributed by atoms with van der Waals surface area (Å²) < 4.78 is 0. The zero-order chi connectivity index (χ0) is 19.1. The zero-order valence-electron chi connectivity index (χ0n) is 15.7. The number of carbonyl (C=O) groups excluding carboxylic acids is 1. The second-order valence-electron chi connectivity index (χ2n) is 6.42. The van der Waals surface area contributed by atoms with Crippen LogP contribution in [0.15, 0.2) is 60.7 Å². The Kier molecular flexibility index (Phi) is 6.15. The number of hydrogen-bond acceptors (Lipinski definition) is 4. The standard InChI is InChI=1S/C22H24N4O/c1-3-13-23-22(27)19-14-20(24-15-17-11-9-16(2)10-12-17)26-21(25-19)18-7-5-4-6-8-18/h4-12,14H,3,13,15H2,1-2H3,(H,23,27)(H,24,25,26). The first-order valence-corrected chi connectivity index (χ1v) is 9.18. The molecule has 0 aliphatic rings. The molecular formula is C22H24N4O. The van der Waals surface area contributed by atoms with Crippen LogP contribution in [0.1, 0.15) is 35.0 Å². The number of rotatable bonds is 7. The van der Waals surface area contributed by atoms with Gasteiger partial charge < -0.3 is 10.6 Å². The summed E-state index contributed by atoms with van der Waals surface area (Å²) in [5.41, 5.74) is 3.62. The third-order valence-electron chi connectivity index (χ3n) is 4.12. The maximum atomic E-state index is 12.4. The lowest BCUT2D eigenvalue weighted by atomic mass is 10.1. The number of hydrogen-bond donors (Lipinski definition) is 2. The Hall–Kier alpha value is -3.21. The molecule has 2 N–H and O–H groups in total. The minimum absolute atomic E-state index is 0.185. The van der Waals surface area contributed by atoms with Gasteiger partial charge >= 0.3 is 0 Å². The van der Waals surface area contributed by atoms with Crippen LogP contribution in [0.3, 0.4) is 0 Å². The maximum absolute atomic E-state index is 12.4. The van der Waals surface area contributed by atoms with Crippen LogP contribution in [0.25, 0.3) is 11.4 Å². The first kappa shape index (κ1) is 18.6. The molecule has 2 aromatic carbocycles. The molecule has 3 rings (SSSR count). The smallest absolute Gasteiger partial charge is 0.270 e. The van der Waals surface area contributed by atoms with Gasteiger partial charge in [0.25, 0.3) is 5.91 Å². The average molecular weight is 360 g/mol. The highest BCUT2D eigenvalue weighted by atomic mass is 16.1. The molecule has 0 saturated carbocycles. The van der Waals surface area contributed by atoms with E-state index in [1.165, 1.54) is 5.56 Å². The highest BCUT2D eigenvalue weighted by Crippen LogP contribution is 2.18. The second kappa shape index (κ2) is 8.94. The zero-order valence-corrected chi connectivity index (χ0v) is 15.7. The lowest BCUT2D eigenvalue weighted by Gasteiger charge is -2.11. The molecule has 3 aromatic rings. The Morgan fingerprint density at radius 1 is 1.00 bits per heavy atom. The second-order valence-corrected chi connectivity index (χ2v) is 6.42. The molecule has 0 aliphatic heterocycles. The molecule has 1 aromatic heterocycles. The van der Waals surface area contributed by atoms with Crippen molar-refractivity contribution < 1.29 is 4.79 Å². The Bertz CT molecular complexity index is 892. The fraction of sp³-hybridized carbons (Fsp3) is 0.227. The molecule has 0 unspecified atom stereocenters. The molecular weight excluding hydrogens is 336 g/mol. The van der Waals surface area contributed by atoms with Crippen LogP contribution in [0.2, 0.25) is 0 Å². The van der Waals surface area contributed by atoms with Crippen LogP contribution in [0, 0.1) is 6.92 Å². The number of benzene rings is 2. The van der Waals surface area contributed by atoms with Gasteiger partial charge in [-0.15, -0.1) is 0 Å². The van der Waals surface area contributed by atoms with Crippen LogP contribution in [0.4, 0.5) is 5.82 Å². The fourth-order valence-electron chi connectivity index (χ4n) is 2.60. The predicted octanol–water partition coefficient (Wildman–Crippen LogP) is 4.20. The molecule has 0 saturated heterocycles. The van der Waals surface area contributed by atoms with E-state index in [4.69, 9.17) is 0 Å². The van der Waals surface area contributed by atoms with Gasteiger partial charge in [-0.2, -0.15) is 0 Å². The first-order chi connectivity index (χ1) is 13.2. The van der Waals surface area contributed by atoms with E-state index in [9.17, 15) is 4.79 Å². The number of aromatic nitrogens is 2. The van der Waals surface area contributed by atoms with E-state index in [2.05, 4.69) is 51.8 Å². The first-order valence-electron chi connectivity index (χ1n) is 9.18. The van der Waals surface area contributed by atoms with Crippen molar-refractivity contribution in [3.63, 3.8) is 0 Å². The molecule has 5 nitrogen and oxygen atoms in total. The van der Waals surface area contributed by atoms with Crippen molar-refractivity contribution in [3.05, 3.63) is 77.5 Å². The van der Waals surface area contributed by atoms with Gasteiger partial charge in [0.1, 0.15) is 11.5 Å². The molecule has 5 heteroatoms. The van der Waals surface area contributed by atoms with Gasteiger partial charge in [0.2, 0.25) is 0 Å². The van der Waals surface area contributed by atoms with Crippen molar-refractivity contribution in [2.45, 2.75) is 26.8 Å². The van der Waals surface area contributed by atoms with Gasteiger partial charge in [-0.25, -0.2) is 9.97 Å². The summed E-state index contributed by atoms with van der Waals surface area (Å²) in [6.45, 7) is 5.33. The van der Waals surface area contributed by atoms with Crippen LogP contribution in [-0.4, -0.2) is 22.4 Å². The highest BCUT2D eigenvalue weighted by Gasteiger charge is 2.12. The van der Waals surface area contributed by atoms with E-state index in [1.54, 1.807) is 6.07 Å². The summed E-state index contributed by atoms with van der Waals surface area (Å²) in [6.07, 6.45) is 0.876. The fourth-order valence-corrected chi connectivity index (χ4v) is 2.60. The number of aryl methyl sites for hydroxylation is 1. The van der Waals surface area contributed by atoms with E-state index in [1.807, 2.05) is 37.3 Å². The van der Waals surface area contributed by atoms with Crippen molar-refractivity contribution in [3.8, 4) is 11.4 Å². The normalized spacial score (nSPS) is 10.4. The molecule has 0 atom stereocenters. The van der Waals surface area contributed by atoms with Gasteiger partial charge in [0.15, 0.2) is 5.82 Å². The molecule has 0 fully saturated rings. The van der Waals surface area contributed by atoms with Crippen LogP contribution in [0.5, 0.6) is 0 Å². The average Bonchev–Trinajstić information content (AvgIpc) is 2.72. The van der Waals surface area contributed by atoms with Gasteiger partial charge in [-0.3, -0.25) is 4.79 Å². The summed E-state index contributed by atoms with van der Waals surface area (Å²) in [5.74, 6) is 0.979. The van der Waals surface area contributed by atoms with E-state index < -0.39 is 0 Å². The number of carbonyl (C=O) groups is 1. The van der Waals surface area contributed by atoms with Crippen molar-refractivity contribution in [1.29, 1.82) is 0 Å². The highest BCUT2D eigenvalue weighted by molar-refractivity contribution is 5.93. The maximum Gasteiger partial charge on any atom is 0.270 e. The van der Waals surface area contributed by atoms with Gasteiger partial charge in [0, 0.05) is 24.7 Å². The molecule has 1 heterocycles. The number of nitrogens with one attached hydrogen (secondary N) is 2. The summed E-state index contributed by atoms with van der Waals surface area (Å²) in [4.78, 5) is 21.5. The van der Waals surface area contributed by atoms with Gasteiger partial charge in [0.05, 0.1) is 0 Å². The van der Waals surface area contributed by atoms with Crippen LogP contribution < -0.4 is 10.6 Å². The number of nitrogens with zero attached hydrogens (tertiary/aromatic N) is 2. The van der Waals surface area contributed by atoms with Gasteiger partial charge in [-0.1, -0.05) is 67.1 Å². The summed E-state index contributed by atoms with van der Waals surface area (Å²) in [5, 5.41) is 6.19. The Morgan fingerprint density at radius 3 is 2.44 bits per heavy atom. The van der Waals surface area contributed by atoms with Crippen molar-refractivity contribution >= 4 is 11.7 Å². The minimum Gasteiger partial charge on any atom is -0.366 e. The van der Waals surface area contributed by atoms with Crippen LogP contribution >= 0.6 is 0 Å². The third kappa shape index (κ3) is 5.14. The largest absolute Gasteiger partial charge is 0.366 e. The van der Waals surface area contributed by atoms with E-state index >= 15 is 0 Å². The van der Waals surface area contributed by atoms with Crippen molar-refractivity contribution in [2.24, 2.45) is 0 Å². The SMILES string of the molecule is CCCNC(=O)c1cc(NCc2ccc(C)cc2)nc(-c2ccccc2)n1. The monoisotopic (exact) mass is 360 g/mol. The minimum atomic E-state index is -0.185.